The van der Waals surface area contributed by atoms with Crippen molar-refractivity contribution in [2.45, 2.75) is 24.2 Å². The maximum absolute atomic E-state index is 11.9. The molecule has 0 aliphatic carbocycles. The number of nitrogens with two attached hydrogens (primary N) is 1. The summed E-state index contributed by atoms with van der Waals surface area (Å²) in [6.07, 6.45) is 7.31. The molecule has 0 saturated carbocycles. The quantitative estimate of drug-likeness (QED) is 0.476. The number of benzene rings is 1. The summed E-state index contributed by atoms with van der Waals surface area (Å²) in [6, 6.07) is 4.51. The molecule has 0 spiro atoms. The second-order valence-electron chi connectivity index (χ2n) is 3.74. The molecule has 98 valence electrons. The van der Waals surface area contributed by atoms with Gasteiger partial charge in [-0.1, -0.05) is 0 Å². The number of rotatable bonds is 6. The Morgan fingerprint density at radius 2 is 2.11 bits per heavy atom. The van der Waals surface area contributed by atoms with E-state index in [1.54, 1.807) is 6.07 Å². The van der Waals surface area contributed by atoms with Crippen LogP contribution in [0.25, 0.3) is 0 Å². The van der Waals surface area contributed by atoms with Gasteiger partial charge in [0.2, 0.25) is 10.0 Å². The summed E-state index contributed by atoms with van der Waals surface area (Å²) in [5, 5.41) is 0. The fourth-order valence-corrected chi connectivity index (χ4v) is 2.95. The van der Waals surface area contributed by atoms with Crippen molar-refractivity contribution in [3.05, 3.63) is 22.7 Å². The Hall–Kier alpha value is -1.03. The normalized spacial score (nSPS) is 11.1. The molecule has 0 radical (unpaired) electrons. The van der Waals surface area contributed by atoms with Gasteiger partial charge in [0.25, 0.3) is 0 Å². The fraction of sp³-hybridized carbons (Fsp3) is 0.333. The van der Waals surface area contributed by atoms with Crippen LogP contribution in [-0.4, -0.2) is 15.0 Å². The van der Waals surface area contributed by atoms with Gasteiger partial charge in [0, 0.05) is 23.1 Å². The van der Waals surface area contributed by atoms with Crippen LogP contribution in [0.4, 0.5) is 5.69 Å². The summed E-state index contributed by atoms with van der Waals surface area (Å²) >= 11 is 3.20. The predicted molar refractivity (Wildman–Crippen MR) is 76.4 cm³/mol. The van der Waals surface area contributed by atoms with Crippen molar-refractivity contribution in [3.63, 3.8) is 0 Å². The smallest absolute Gasteiger partial charge is 0.240 e. The van der Waals surface area contributed by atoms with Gasteiger partial charge < -0.3 is 5.73 Å². The van der Waals surface area contributed by atoms with E-state index in [0.29, 0.717) is 23.1 Å². The standard InChI is InChI=1S/C12H15BrN2O2S/c1-2-3-4-5-8-15-18(16,17)10-6-7-12(14)11(13)9-10/h1,6-7,9,15H,3-5,8,14H2. The summed E-state index contributed by atoms with van der Waals surface area (Å²) in [6.45, 7) is 0.381. The minimum Gasteiger partial charge on any atom is -0.398 e. The molecule has 4 nitrogen and oxygen atoms in total. The molecule has 1 aromatic carbocycles. The van der Waals surface area contributed by atoms with E-state index in [4.69, 9.17) is 12.2 Å². The molecule has 18 heavy (non-hydrogen) atoms. The van der Waals surface area contributed by atoms with E-state index in [0.717, 1.165) is 12.8 Å². The first-order valence-electron chi connectivity index (χ1n) is 5.45. The lowest BCUT2D eigenvalue weighted by Crippen LogP contribution is -2.24. The van der Waals surface area contributed by atoms with E-state index >= 15 is 0 Å². The third-order valence-corrected chi connectivity index (χ3v) is 4.47. The Kier molecular flexibility index (Phi) is 5.66. The predicted octanol–water partition coefficient (Wildman–Crippen LogP) is 2.11. The number of nitrogens with one attached hydrogen (secondary N) is 1. The van der Waals surface area contributed by atoms with Crippen LogP contribution < -0.4 is 10.5 Å². The topological polar surface area (TPSA) is 72.2 Å². The van der Waals surface area contributed by atoms with Gasteiger partial charge >= 0.3 is 0 Å². The van der Waals surface area contributed by atoms with E-state index in [1.165, 1.54) is 12.1 Å². The molecule has 1 aromatic rings. The second-order valence-corrected chi connectivity index (χ2v) is 6.36. The molecule has 0 bridgehead atoms. The van der Waals surface area contributed by atoms with Crippen molar-refractivity contribution >= 4 is 31.6 Å². The first-order chi connectivity index (χ1) is 8.47. The lowest BCUT2D eigenvalue weighted by Gasteiger charge is -2.07. The molecule has 0 amide bonds. The molecule has 0 aliphatic heterocycles. The first-order valence-corrected chi connectivity index (χ1v) is 7.73. The van der Waals surface area contributed by atoms with Gasteiger partial charge in [-0.15, -0.1) is 12.3 Å². The molecule has 3 N–H and O–H groups in total. The number of unbranched alkanes of at least 4 members (excludes halogenated alkanes) is 2. The number of halogens is 1. The Morgan fingerprint density at radius 3 is 2.72 bits per heavy atom. The molecule has 0 fully saturated rings. The largest absolute Gasteiger partial charge is 0.398 e. The summed E-state index contributed by atoms with van der Waals surface area (Å²) in [7, 11) is -3.47. The van der Waals surface area contributed by atoms with Gasteiger partial charge in [-0.05, 0) is 47.0 Å². The second kappa shape index (κ2) is 6.78. The van der Waals surface area contributed by atoms with Crippen LogP contribution in [0, 0.1) is 12.3 Å². The number of hydrogen-bond acceptors (Lipinski definition) is 3. The van der Waals surface area contributed by atoms with Gasteiger partial charge in [-0.3, -0.25) is 0 Å². The summed E-state index contributed by atoms with van der Waals surface area (Å²) in [5.74, 6) is 2.51. The molecule has 6 heteroatoms. The Morgan fingerprint density at radius 1 is 1.39 bits per heavy atom. The summed E-state index contributed by atoms with van der Waals surface area (Å²) in [4.78, 5) is 0.195. The monoisotopic (exact) mass is 330 g/mol. The highest BCUT2D eigenvalue weighted by atomic mass is 79.9. The minimum absolute atomic E-state index is 0.195. The number of sulfonamides is 1. The molecule has 0 heterocycles. The maximum Gasteiger partial charge on any atom is 0.240 e. The molecule has 1 rings (SSSR count). The van der Waals surface area contributed by atoms with E-state index in [2.05, 4.69) is 26.6 Å². The molecule has 0 saturated heterocycles. The van der Waals surface area contributed by atoms with Gasteiger partial charge in [0.05, 0.1) is 4.90 Å². The molecular weight excluding hydrogens is 316 g/mol. The van der Waals surface area contributed by atoms with Crippen LogP contribution in [-0.2, 0) is 10.0 Å². The average molecular weight is 331 g/mol. The summed E-state index contributed by atoms with van der Waals surface area (Å²) in [5.41, 5.74) is 6.11. The lowest BCUT2D eigenvalue weighted by atomic mass is 10.2. The van der Waals surface area contributed by atoms with Gasteiger partial charge in [0.1, 0.15) is 0 Å². The zero-order chi connectivity index (χ0) is 13.6. The molecule has 0 aliphatic rings. The van der Waals surface area contributed by atoms with Crippen molar-refractivity contribution in [2.24, 2.45) is 0 Å². The van der Waals surface area contributed by atoms with E-state index in [-0.39, 0.29) is 4.90 Å². The van der Waals surface area contributed by atoms with Crippen LogP contribution in [0.3, 0.4) is 0 Å². The van der Waals surface area contributed by atoms with Crippen LogP contribution in [0.15, 0.2) is 27.6 Å². The number of nitrogen functional groups attached to an aromatic ring is 1. The lowest BCUT2D eigenvalue weighted by molar-refractivity contribution is 0.577. The van der Waals surface area contributed by atoms with Crippen LogP contribution in [0.2, 0.25) is 0 Å². The molecular formula is C12H15BrN2O2S. The Bertz CT molecular complexity index is 550. The van der Waals surface area contributed by atoms with Crippen molar-refractivity contribution in [2.75, 3.05) is 12.3 Å². The van der Waals surface area contributed by atoms with Crippen LogP contribution >= 0.6 is 15.9 Å². The van der Waals surface area contributed by atoms with Crippen molar-refractivity contribution in [1.29, 1.82) is 0 Å². The van der Waals surface area contributed by atoms with E-state index in [9.17, 15) is 8.42 Å². The zero-order valence-electron chi connectivity index (χ0n) is 9.82. The first kappa shape index (κ1) is 15.0. The van der Waals surface area contributed by atoms with E-state index < -0.39 is 10.0 Å². The number of terminal acetylenes is 1. The third-order valence-electron chi connectivity index (χ3n) is 2.32. The van der Waals surface area contributed by atoms with E-state index in [1.807, 2.05) is 0 Å². The Balaban J connectivity index is 2.63. The Labute approximate surface area is 116 Å². The average Bonchev–Trinajstić information content (AvgIpc) is 2.32. The third kappa shape index (κ3) is 4.33. The summed E-state index contributed by atoms with van der Waals surface area (Å²) < 4.78 is 26.9. The molecule has 0 aromatic heterocycles. The highest BCUT2D eigenvalue weighted by Crippen LogP contribution is 2.22. The van der Waals surface area contributed by atoms with Gasteiger partial charge in [-0.2, -0.15) is 0 Å². The minimum atomic E-state index is -3.47. The highest BCUT2D eigenvalue weighted by molar-refractivity contribution is 9.10. The molecule has 0 atom stereocenters. The van der Waals surface area contributed by atoms with Crippen molar-refractivity contribution < 1.29 is 8.42 Å². The van der Waals surface area contributed by atoms with Crippen molar-refractivity contribution in [1.82, 2.24) is 4.72 Å². The molecule has 0 unspecified atom stereocenters. The van der Waals surface area contributed by atoms with Gasteiger partial charge in [-0.25, -0.2) is 13.1 Å². The van der Waals surface area contributed by atoms with Gasteiger partial charge in [0.15, 0.2) is 0 Å². The SMILES string of the molecule is C#CCCCCNS(=O)(=O)c1ccc(N)c(Br)c1. The van der Waals surface area contributed by atoms with Crippen molar-refractivity contribution in [3.8, 4) is 12.3 Å². The van der Waals surface area contributed by atoms with Crippen LogP contribution in [0.1, 0.15) is 19.3 Å². The number of hydrogen-bond donors (Lipinski definition) is 2. The fourth-order valence-electron chi connectivity index (χ4n) is 1.32. The number of anilines is 1. The maximum atomic E-state index is 11.9. The van der Waals surface area contributed by atoms with Crippen LogP contribution in [0.5, 0.6) is 0 Å². The zero-order valence-corrected chi connectivity index (χ0v) is 12.2. The highest BCUT2D eigenvalue weighted by Gasteiger charge is 2.14.